The maximum absolute atomic E-state index is 5.54. The van der Waals surface area contributed by atoms with Crippen LogP contribution < -0.4 is 5.32 Å². The molecule has 92 valence electrons. The summed E-state index contributed by atoms with van der Waals surface area (Å²) < 4.78 is 6.89. The van der Waals surface area contributed by atoms with Gasteiger partial charge in [-0.25, -0.2) is 0 Å². The quantitative estimate of drug-likeness (QED) is 0.844. The molecule has 0 amide bonds. The minimum atomic E-state index is 0.317. The normalized spacial score (nSPS) is 13.1. The second-order valence-electron chi connectivity index (χ2n) is 3.96. The minimum Gasteiger partial charge on any atom is -0.380 e. The highest BCUT2D eigenvalue weighted by Gasteiger charge is 2.13. The van der Waals surface area contributed by atoms with Gasteiger partial charge in [0, 0.05) is 16.2 Å². The molecule has 0 spiro atoms. The van der Waals surface area contributed by atoms with Gasteiger partial charge in [-0.1, -0.05) is 25.1 Å². The van der Waals surface area contributed by atoms with Gasteiger partial charge in [0.2, 0.25) is 0 Å². The predicted octanol–water partition coefficient (Wildman–Crippen LogP) is 3.59. The maximum Gasteiger partial charge on any atom is 0.0669 e. The van der Waals surface area contributed by atoms with Crippen molar-refractivity contribution in [2.45, 2.75) is 19.9 Å². The zero-order valence-corrected chi connectivity index (χ0v) is 11.2. The van der Waals surface area contributed by atoms with Gasteiger partial charge >= 0.3 is 0 Å². The standard InChI is InChI=1S/C14H19NOS/c1-3-15-12(10-16-4-2)14-9-11-7-5-6-8-13(11)17-14/h5-9,12,15H,3-4,10H2,1-2H3. The van der Waals surface area contributed by atoms with Crippen molar-refractivity contribution in [1.29, 1.82) is 0 Å². The van der Waals surface area contributed by atoms with Gasteiger partial charge in [0.1, 0.15) is 0 Å². The van der Waals surface area contributed by atoms with Gasteiger partial charge < -0.3 is 10.1 Å². The van der Waals surface area contributed by atoms with Gasteiger partial charge in [-0.3, -0.25) is 0 Å². The molecule has 3 heteroatoms. The first-order chi connectivity index (χ1) is 8.35. The molecule has 1 aromatic carbocycles. The minimum absolute atomic E-state index is 0.317. The summed E-state index contributed by atoms with van der Waals surface area (Å²) in [5.41, 5.74) is 0. The summed E-state index contributed by atoms with van der Waals surface area (Å²) in [5.74, 6) is 0. The third-order valence-electron chi connectivity index (χ3n) is 2.73. The van der Waals surface area contributed by atoms with Crippen LogP contribution in [0.2, 0.25) is 0 Å². The molecular formula is C14H19NOS. The SMILES string of the molecule is CCNC(COCC)c1cc2ccccc2s1. The summed E-state index contributed by atoms with van der Waals surface area (Å²) in [6.07, 6.45) is 0. The second kappa shape index (κ2) is 6.15. The Morgan fingerprint density at radius 1 is 1.29 bits per heavy atom. The molecule has 0 saturated heterocycles. The van der Waals surface area contributed by atoms with Crippen LogP contribution in [0.15, 0.2) is 30.3 Å². The van der Waals surface area contributed by atoms with E-state index in [9.17, 15) is 0 Å². The Bertz CT molecular complexity index is 433. The van der Waals surface area contributed by atoms with Crippen LogP contribution in [0.4, 0.5) is 0 Å². The molecule has 0 fully saturated rings. The van der Waals surface area contributed by atoms with Gasteiger partial charge in [0.05, 0.1) is 12.6 Å². The van der Waals surface area contributed by atoms with Gasteiger partial charge in [-0.05, 0) is 31.0 Å². The summed E-state index contributed by atoms with van der Waals surface area (Å²) in [5, 5.41) is 4.81. The zero-order valence-electron chi connectivity index (χ0n) is 10.4. The molecule has 0 aliphatic heterocycles. The molecule has 1 atom stereocenters. The third-order valence-corrected chi connectivity index (χ3v) is 3.96. The molecule has 1 unspecified atom stereocenters. The summed E-state index contributed by atoms with van der Waals surface area (Å²) in [7, 11) is 0. The number of rotatable bonds is 6. The van der Waals surface area contributed by atoms with E-state index in [1.165, 1.54) is 15.0 Å². The summed E-state index contributed by atoms with van der Waals surface area (Å²) in [4.78, 5) is 1.36. The number of hydrogen-bond donors (Lipinski definition) is 1. The fraction of sp³-hybridized carbons (Fsp3) is 0.429. The first kappa shape index (κ1) is 12.6. The van der Waals surface area contributed by atoms with Crippen molar-refractivity contribution in [2.75, 3.05) is 19.8 Å². The number of fused-ring (bicyclic) bond motifs is 1. The molecule has 17 heavy (non-hydrogen) atoms. The van der Waals surface area contributed by atoms with Gasteiger partial charge in [0.25, 0.3) is 0 Å². The smallest absolute Gasteiger partial charge is 0.0669 e. The lowest BCUT2D eigenvalue weighted by Crippen LogP contribution is -2.24. The lowest BCUT2D eigenvalue weighted by molar-refractivity contribution is 0.124. The van der Waals surface area contributed by atoms with Crippen molar-refractivity contribution in [3.63, 3.8) is 0 Å². The van der Waals surface area contributed by atoms with E-state index in [1.807, 2.05) is 18.3 Å². The average molecular weight is 249 g/mol. The summed E-state index contributed by atoms with van der Waals surface area (Å²) in [6, 6.07) is 11.1. The van der Waals surface area contributed by atoms with E-state index in [1.54, 1.807) is 0 Å². The van der Waals surface area contributed by atoms with E-state index in [4.69, 9.17) is 4.74 Å². The highest BCUT2D eigenvalue weighted by molar-refractivity contribution is 7.19. The van der Waals surface area contributed by atoms with Gasteiger partial charge in [-0.15, -0.1) is 11.3 Å². The van der Waals surface area contributed by atoms with Gasteiger partial charge in [0.15, 0.2) is 0 Å². The molecule has 2 rings (SSSR count). The number of likely N-dealkylation sites (N-methyl/N-ethyl adjacent to an activating group) is 1. The number of hydrogen-bond acceptors (Lipinski definition) is 3. The lowest BCUT2D eigenvalue weighted by Gasteiger charge is -2.15. The summed E-state index contributed by atoms with van der Waals surface area (Å²) in [6.45, 7) is 6.65. The molecule has 1 N–H and O–H groups in total. The number of nitrogens with one attached hydrogen (secondary N) is 1. The largest absolute Gasteiger partial charge is 0.380 e. The third kappa shape index (κ3) is 3.06. The van der Waals surface area contributed by atoms with E-state index in [0.29, 0.717) is 6.04 Å². The average Bonchev–Trinajstić information content (AvgIpc) is 2.78. The van der Waals surface area contributed by atoms with Gasteiger partial charge in [-0.2, -0.15) is 0 Å². The molecule has 1 aromatic heterocycles. The van der Waals surface area contributed by atoms with Crippen LogP contribution in [0.25, 0.3) is 10.1 Å². The fourth-order valence-electron chi connectivity index (χ4n) is 1.90. The molecule has 0 saturated carbocycles. The molecule has 1 heterocycles. The maximum atomic E-state index is 5.54. The highest BCUT2D eigenvalue weighted by atomic mass is 32.1. The predicted molar refractivity (Wildman–Crippen MR) is 74.7 cm³/mol. The van der Waals surface area contributed by atoms with Crippen LogP contribution in [0.1, 0.15) is 24.8 Å². The molecular weight excluding hydrogens is 230 g/mol. The Labute approximate surface area is 107 Å². The first-order valence-corrected chi connectivity index (χ1v) is 6.96. The second-order valence-corrected chi connectivity index (χ2v) is 5.07. The Kier molecular flexibility index (Phi) is 4.54. The first-order valence-electron chi connectivity index (χ1n) is 6.14. The van der Waals surface area contributed by atoms with Crippen LogP contribution in [0, 0.1) is 0 Å². The van der Waals surface area contributed by atoms with Crippen molar-refractivity contribution >= 4 is 21.4 Å². The molecule has 0 aliphatic rings. The zero-order chi connectivity index (χ0) is 12.1. The molecule has 2 nitrogen and oxygen atoms in total. The topological polar surface area (TPSA) is 21.3 Å². The van der Waals surface area contributed by atoms with E-state index >= 15 is 0 Å². The van der Waals surface area contributed by atoms with Crippen LogP contribution in [0.5, 0.6) is 0 Å². The van der Waals surface area contributed by atoms with E-state index in [2.05, 4.69) is 42.6 Å². The number of thiophene rings is 1. The number of ether oxygens (including phenoxy) is 1. The van der Waals surface area contributed by atoms with E-state index < -0.39 is 0 Å². The van der Waals surface area contributed by atoms with Crippen molar-refractivity contribution in [2.24, 2.45) is 0 Å². The molecule has 0 aliphatic carbocycles. The molecule has 2 aromatic rings. The monoisotopic (exact) mass is 249 g/mol. The number of benzene rings is 1. The molecule has 0 bridgehead atoms. The Morgan fingerprint density at radius 2 is 2.12 bits per heavy atom. The van der Waals surface area contributed by atoms with Crippen molar-refractivity contribution in [1.82, 2.24) is 5.32 Å². The van der Waals surface area contributed by atoms with Crippen molar-refractivity contribution in [3.8, 4) is 0 Å². The molecule has 0 radical (unpaired) electrons. The van der Waals surface area contributed by atoms with Crippen LogP contribution in [-0.2, 0) is 4.74 Å². The summed E-state index contributed by atoms with van der Waals surface area (Å²) >= 11 is 1.85. The van der Waals surface area contributed by atoms with Crippen molar-refractivity contribution in [3.05, 3.63) is 35.2 Å². The Hall–Kier alpha value is -0.900. The van der Waals surface area contributed by atoms with Crippen LogP contribution >= 0.6 is 11.3 Å². The Morgan fingerprint density at radius 3 is 2.82 bits per heavy atom. The Balaban J connectivity index is 2.21. The van der Waals surface area contributed by atoms with Crippen LogP contribution in [0.3, 0.4) is 0 Å². The van der Waals surface area contributed by atoms with Crippen LogP contribution in [-0.4, -0.2) is 19.8 Å². The fourth-order valence-corrected chi connectivity index (χ4v) is 3.02. The highest BCUT2D eigenvalue weighted by Crippen LogP contribution is 2.29. The van der Waals surface area contributed by atoms with E-state index in [-0.39, 0.29) is 0 Å². The van der Waals surface area contributed by atoms with Crippen molar-refractivity contribution < 1.29 is 4.74 Å². The lowest BCUT2D eigenvalue weighted by atomic mass is 10.2. The van der Waals surface area contributed by atoms with E-state index in [0.717, 1.165) is 19.8 Å².